The van der Waals surface area contributed by atoms with Crippen molar-refractivity contribution < 1.29 is 9.90 Å². The molecule has 2 fully saturated rings. The van der Waals surface area contributed by atoms with Crippen molar-refractivity contribution in [3.63, 3.8) is 0 Å². The van der Waals surface area contributed by atoms with Gasteiger partial charge in [0.1, 0.15) is 0 Å². The van der Waals surface area contributed by atoms with E-state index in [2.05, 4.69) is 11.0 Å². The molecule has 0 amide bonds. The average molecular weight is 294 g/mol. The largest absolute Gasteiger partial charge is 0.481 e. The Balaban J connectivity index is 1.62. The third-order valence-electron chi connectivity index (χ3n) is 4.97. The fourth-order valence-corrected chi connectivity index (χ4v) is 4.11. The molecule has 0 bridgehead atoms. The Morgan fingerprint density at radius 1 is 1.50 bits per heavy atom. The molecule has 20 heavy (non-hydrogen) atoms. The molecule has 1 aromatic rings. The lowest BCUT2D eigenvalue weighted by Crippen LogP contribution is -2.36. The molecule has 3 nitrogen and oxygen atoms in total. The molecule has 2 aliphatic rings. The summed E-state index contributed by atoms with van der Waals surface area (Å²) in [7, 11) is 0. The van der Waals surface area contributed by atoms with Crippen molar-refractivity contribution in [3.8, 4) is 0 Å². The molecular weight excluding hydrogens is 274 g/mol. The van der Waals surface area contributed by atoms with Crippen LogP contribution in [-0.2, 0) is 11.2 Å². The second kappa shape index (κ2) is 5.38. The van der Waals surface area contributed by atoms with Gasteiger partial charge in [-0.1, -0.05) is 30.2 Å². The minimum Gasteiger partial charge on any atom is -0.481 e. The first-order valence-corrected chi connectivity index (χ1v) is 7.68. The molecule has 0 radical (unpaired) electrons. The summed E-state index contributed by atoms with van der Waals surface area (Å²) >= 11 is 5.99. The quantitative estimate of drug-likeness (QED) is 0.927. The highest BCUT2D eigenvalue weighted by Crippen LogP contribution is 2.48. The number of rotatable bonds is 4. The molecule has 1 aliphatic carbocycles. The molecule has 1 aliphatic heterocycles. The average Bonchev–Trinajstić information content (AvgIpc) is 2.93. The van der Waals surface area contributed by atoms with Crippen LogP contribution in [-0.4, -0.2) is 35.6 Å². The standard InChI is InChI=1S/C16H20ClNO2/c17-14-5-1-3-12(9-14)6-8-18-10-13-4-2-7-16(13,11-18)15(19)20/h1,3,5,9,13H,2,4,6-8,10-11H2,(H,19,20)/t13-,16+/m0/s1. The molecule has 4 heteroatoms. The number of fused-ring (bicyclic) bond motifs is 1. The van der Waals surface area contributed by atoms with Crippen LogP contribution in [0.5, 0.6) is 0 Å². The third-order valence-corrected chi connectivity index (χ3v) is 5.21. The molecule has 1 aromatic carbocycles. The summed E-state index contributed by atoms with van der Waals surface area (Å²) in [5, 5.41) is 10.3. The van der Waals surface area contributed by atoms with Gasteiger partial charge in [-0.15, -0.1) is 0 Å². The van der Waals surface area contributed by atoms with E-state index < -0.39 is 11.4 Å². The van der Waals surface area contributed by atoms with Crippen LogP contribution in [0.1, 0.15) is 24.8 Å². The van der Waals surface area contributed by atoms with Gasteiger partial charge in [0.25, 0.3) is 0 Å². The number of benzene rings is 1. The number of hydrogen-bond acceptors (Lipinski definition) is 2. The summed E-state index contributed by atoms with van der Waals surface area (Å²) in [4.78, 5) is 13.9. The summed E-state index contributed by atoms with van der Waals surface area (Å²) < 4.78 is 0. The second-order valence-corrected chi connectivity index (χ2v) is 6.60. The van der Waals surface area contributed by atoms with Gasteiger partial charge in [-0.25, -0.2) is 0 Å². The molecule has 108 valence electrons. The molecule has 1 saturated heterocycles. The van der Waals surface area contributed by atoms with E-state index in [4.69, 9.17) is 11.6 Å². The van der Waals surface area contributed by atoms with Gasteiger partial charge in [0, 0.05) is 24.7 Å². The van der Waals surface area contributed by atoms with E-state index in [9.17, 15) is 9.90 Å². The number of halogens is 1. The van der Waals surface area contributed by atoms with E-state index in [-0.39, 0.29) is 0 Å². The van der Waals surface area contributed by atoms with E-state index in [0.717, 1.165) is 43.8 Å². The van der Waals surface area contributed by atoms with Crippen LogP contribution in [0.25, 0.3) is 0 Å². The van der Waals surface area contributed by atoms with E-state index in [1.807, 2.05) is 18.2 Å². The lowest BCUT2D eigenvalue weighted by atomic mass is 9.81. The lowest BCUT2D eigenvalue weighted by molar-refractivity contribution is -0.149. The van der Waals surface area contributed by atoms with Gasteiger partial charge in [-0.3, -0.25) is 4.79 Å². The Morgan fingerprint density at radius 3 is 3.05 bits per heavy atom. The van der Waals surface area contributed by atoms with Crippen LogP contribution in [0.15, 0.2) is 24.3 Å². The molecule has 1 heterocycles. The highest BCUT2D eigenvalue weighted by Gasteiger charge is 2.54. The number of hydrogen-bond donors (Lipinski definition) is 1. The highest BCUT2D eigenvalue weighted by atomic mass is 35.5. The van der Waals surface area contributed by atoms with E-state index in [1.165, 1.54) is 5.56 Å². The van der Waals surface area contributed by atoms with Crippen molar-refractivity contribution in [2.24, 2.45) is 11.3 Å². The lowest BCUT2D eigenvalue weighted by Gasteiger charge is -2.23. The van der Waals surface area contributed by atoms with Gasteiger partial charge in [0.2, 0.25) is 0 Å². The number of carboxylic acids is 1. The number of carboxylic acid groups (broad SMARTS) is 1. The Bertz CT molecular complexity index is 519. The Hall–Kier alpha value is -1.06. The molecular formula is C16H20ClNO2. The minimum absolute atomic E-state index is 0.347. The van der Waals surface area contributed by atoms with Crippen molar-refractivity contribution >= 4 is 17.6 Å². The molecule has 1 N–H and O–H groups in total. The van der Waals surface area contributed by atoms with Gasteiger partial charge in [-0.2, -0.15) is 0 Å². The van der Waals surface area contributed by atoms with Crippen molar-refractivity contribution in [1.82, 2.24) is 4.90 Å². The van der Waals surface area contributed by atoms with Crippen LogP contribution in [0.2, 0.25) is 5.02 Å². The van der Waals surface area contributed by atoms with Crippen molar-refractivity contribution in [2.45, 2.75) is 25.7 Å². The van der Waals surface area contributed by atoms with Gasteiger partial charge in [0.15, 0.2) is 0 Å². The zero-order valence-electron chi connectivity index (χ0n) is 11.5. The predicted molar refractivity (Wildman–Crippen MR) is 79.0 cm³/mol. The van der Waals surface area contributed by atoms with Gasteiger partial charge >= 0.3 is 5.97 Å². The van der Waals surface area contributed by atoms with Crippen LogP contribution in [0.3, 0.4) is 0 Å². The number of nitrogens with zero attached hydrogens (tertiary/aromatic N) is 1. The Labute approximate surface area is 124 Å². The number of likely N-dealkylation sites (tertiary alicyclic amines) is 1. The maximum absolute atomic E-state index is 11.6. The molecule has 1 saturated carbocycles. The summed E-state index contributed by atoms with van der Waals surface area (Å²) in [6.45, 7) is 2.58. The Morgan fingerprint density at radius 2 is 2.35 bits per heavy atom. The molecule has 2 atom stereocenters. The maximum atomic E-state index is 11.6. The summed E-state index contributed by atoms with van der Waals surface area (Å²) in [5.41, 5.74) is 0.757. The van der Waals surface area contributed by atoms with Crippen LogP contribution < -0.4 is 0 Å². The molecule has 0 spiro atoms. The zero-order valence-corrected chi connectivity index (χ0v) is 12.3. The monoisotopic (exact) mass is 293 g/mol. The van der Waals surface area contributed by atoms with Crippen LogP contribution >= 0.6 is 11.6 Å². The minimum atomic E-state index is -0.592. The maximum Gasteiger partial charge on any atom is 0.311 e. The molecule has 0 unspecified atom stereocenters. The van der Waals surface area contributed by atoms with Gasteiger partial charge in [-0.05, 0) is 42.9 Å². The van der Waals surface area contributed by atoms with E-state index in [0.29, 0.717) is 12.5 Å². The normalized spacial score (nSPS) is 29.6. The van der Waals surface area contributed by atoms with Crippen LogP contribution in [0, 0.1) is 11.3 Å². The highest BCUT2D eigenvalue weighted by molar-refractivity contribution is 6.30. The van der Waals surface area contributed by atoms with Gasteiger partial charge in [0.05, 0.1) is 5.41 Å². The van der Waals surface area contributed by atoms with E-state index >= 15 is 0 Å². The third kappa shape index (κ3) is 2.45. The van der Waals surface area contributed by atoms with Gasteiger partial charge < -0.3 is 10.0 Å². The summed E-state index contributed by atoms with van der Waals surface area (Å²) in [6, 6.07) is 7.92. The first-order chi connectivity index (χ1) is 9.60. The summed E-state index contributed by atoms with van der Waals surface area (Å²) in [5.74, 6) is -0.246. The zero-order chi connectivity index (χ0) is 14.2. The van der Waals surface area contributed by atoms with Crippen molar-refractivity contribution in [2.75, 3.05) is 19.6 Å². The van der Waals surface area contributed by atoms with Crippen molar-refractivity contribution in [1.29, 1.82) is 0 Å². The first-order valence-electron chi connectivity index (χ1n) is 7.30. The van der Waals surface area contributed by atoms with Crippen LogP contribution in [0.4, 0.5) is 0 Å². The topological polar surface area (TPSA) is 40.5 Å². The molecule has 0 aromatic heterocycles. The fourth-order valence-electron chi connectivity index (χ4n) is 3.89. The number of aliphatic carboxylic acids is 1. The summed E-state index contributed by atoms with van der Waals surface area (Å²) in [6.07, 6.45) is 3.92. The van der Waals surface area contributed by atoms with E-state index in [1.54, 1.807) is 0 Å². The predicted octanol–water partition coefficient (Wildman–Crippen LogP) is 3.07. The second-order valence-electron chi connectivity index (χ2n) is 6.17. The van der Waals surface area contributed by atoms with Crippen molar-refractivity contribution in [3.05, 3.63) is 34.9 Å². The SMILES string of the molecule is O=C(O)[C@@]12CCC[C@H]1CN(CCc1cccc(Cl)c1)C2. The fraction of sp³-hybridized carbons (Fsp3) is 0.562. The number of carbonyl (C=O) groups is 1. The molecule has 3 rings (SSSR count). The smallest absolute Gasteiger partial charge is 0.311 e. The Kier molecular flexibility index (Phi) is 3.74. The first kappa shape index (κ1) is 13.9.